The van der Waals surface area contributed by atoms with E-state index in [1.807, 2.05) is 11.9 Å². The number of rotatable bonds is 3. The second kappa shape index (κ2) is 4.09. The minimum absolute atomic E-state index is 0.258. The zero-order valence-corrected chi connectivity index (χ0v) is 8.66. The van der Waals surface area contributed by atoms with Gasteiger partial charge in [0.2, 0.25) is 0 Å². The van der Waals surface area contributed by atoms with Gasteiger partial charge in [0.1, 0.15) is 6.04 Å². The molecule has 1 fully saturated rings. The van der Waals surface area contributed by atoms with Crippen LogP contribution in [0.2, 0.25) is 0 Å². The van der Waals surface area contributed by atoms with Gasteiger partial charge in [0.25, 0.3) is 0 Å². The van der Waals surface area contributed by atoms with E-state index >= 15 is 0 Å². The van der Waals surface area contributed by atoms with Crippen LogP contribution in [0.4, 0.5) is 0 Å². The van der Waals surface area contributed by atoms with Crippen molar-refractivity contribution >= 4 is 5.97 Å². The van der Waals surface area contributed by atoms with Crippen LogP contribution in [0.3, 0.4) is 0 Å². The van der Waals surface area contributed by atoms with Crippen molar-refractivity contribution in [1.82, 2.24) is 4.90 Å². The van der Waals surface area contributed by atoms with E-state index in [4.69, 9.17) is 5.11 Å². The standard InChI is InChI=1S/C10H19NO2/c1-4-5-8-7(2)6-9(10(12)13)11(8)3/h7-9H,4-6H2,1-3H3,(H,12,13)/t7-,8-,9?/m0/s1. The first-order chi connectivity index (χ1) is 6.07. The van der Waals surface area contributed by atoms with Crippen molar-refractivity contribution in [3.8, 4) is 0 Å². The largest absolute Gasteiger partial charge is 0.480 e. The van der Waals surface area contributed by atoms with Gasteiger partial charge in [-0.25, -0.2) is 0 Å². The Hall–Kier alpha value is -0.570. The zero-order valence-electron chi connectivity index (χ0n) is 8.66. The van der Waals surface area contributed by atoms with Crippen LogP contribution >= 0.6 is 0 Å². The number of aliphatic carboxylic acids is 1. The van der Waals surface area contributed by atoms with Gasteiger partial charge in [0.15, 0.2) is 0 Å². The minimum Gasteiger partial charge on any atom is -0.480 e. The summed E-state index contributed by atoms with van der Waals surface area (Å²) in [6.07, 6.45) is 3.05. The minimum atomic E-state index is -0.673. The number of nitrogens with zero attached hydrogens (tertiary/aromatic N) is 1. The van der Waals surface area contributed by atoms with Gasteiger partial charge in [-0.05, 0) is 25.8 Å². The van der Waals surface area contributed by atoms with E-state index in [1.54, 1.807) is 0 Å². The summed E-state index contributed by atoms with van der Waals surface area (Å²) in [5.74, 6) is -0.154. The molecule has 1 rings (SSSR count). The summed E-state index contributed by atoms with van der Waals surface area (Å²) < 4.78 is 0. The number of carbonyl (C=O) groups is 1. The van der Waals surface area contributed by atoms with Crippen LogP contribution < -0.4 is 0 Å². The second-order valence-electron chi connectivity index (χ2n) is 4.09. The quantitative estimate of drug-likeness (QED) is 0.725. The summed E-state index contributed by atoms with van der Waals surface area (Å²) >= 11 is 0. The fourth-order valence-corrected chi connectivity index (χ4v) is 2.37. The molecule has 0 aliphatic carbocycles. The maximum absolute atomic E-state index is 10.9. The molecule has 0 aromatic rings. The molecule has 1 saturated heterocycles. The molecule has 1 heterocycles. The van der Waals surface area contributed by atoms with E-state index in [0.717, 1.165) is 19.3 Å². The van der Waals surface area contributed by atoms with Crippen molar-refractivity contribution in [1.29, 1.82) is 0 Å². The summed E-state index contributed by atoms with van der Waals surface area (Å²) in [7, 11) is 1.93. The van der Waals surface area contributed by atoms with Crippen molar-refractivity contribution in [2.45, 2.75) is 45.2 Å². The summed E-state index contributed by atoms with van der Waals surface area (Å²) in [5, 5.41) is 8.95. The second-order valence-corrected chi connectivity index (χ2v) is 4.09. The number of hydrogen-bond donors (Lipinski definition) is 1. The molecule has 3 heteroatoms. The van der Waals surface area contributed by atoms with Crippen LogP contribution in [0, 0.1) is 5.92 Å². The van der Waals surface area contributed by atoms with Crippen molar-refractivity contribution in [2.24, 2.45) is 5.92 Å². The molecule has 0 bridgehead atoms. The van der Waals surface area contributed by atoms with Gasteiger partial charge in [0.05, 0.1) is 0 Å². The van der Waals surface area contributed by atoms with Gasteiger partial charge < -0.3 is 5.11 Å². The number of carboxylic acids is 1. The van der Waals surface area contributed by atoms with Gasteiger partial charge in [-0.15, -0.1) is 0 Å². The fraction of sp³-hybridized carbons (Fsp3) is 0.900. The molecule has 0 radical (unpaired) electrons. The van der Waals surface area contributed by atoms with Crippen LogP contribution in [-0.4, -0.2) is 35.1 Å². The van der Waals surface area contributed by atoms with Crippen LogP contribution in [0.5, 0.6) is 0 Å². The SMILES string of the molecule is CCC[C@H]1[C@@H](C)CC(C(=O)O)N1C. The third-order valence-electron chi connectivity index (χ3n) is 3.14. The Labute approximate surface area is 79.7 Å². The Morgan fingerprint density at radius 3 is 2.62 bits per heavy atom. The van der Waals surface area contributed by atoms with Crippen molar-refractivity contribution in [2.75, 3.05) is 7.05 Å². The molecule has 0 aromatic heterocycles. The van der Waals surface area contributed by atoms with Gasteiger partial charge in [0, 0.05) is 6.04 Å². The van der Waals surface area contributed by atoms with E-state index < -0.39 is 5.97 Å². The Bertz CT molecular complexity index is 193. The average Bonchev–Trinajstić information content (AvgIpc) is 2.32. The molecule has 1 aliphatic heterocycles. The van der Waals surface area contributed by atoms with E-state index in [9.17, 15) is 4.79 Å². The normalized spacial score (nSPS) is 35.2. The van der Waals surface area contributed by atoms with Crippen LogP contribution in [-0.2, 0) is 4.79 Å². The third-order valence-corrected chi connectivity index (χ3v) is 3.14. The van der Waals surface area contributed by atoms with Gasteiger partial charge in [-0.3, -0.25) is 9.69 Å². The number of likely N-dealkylation sites (N-methyl/N-ethyl adjacent to an activating group) is 1. The summed E-state index contributed by atoms with van der Waals surface area (Å²) in [4.78, 5) is 12.9. The van der Waals surface area contributed by atoms with E-state index in [2.05, 4.69) is 13.8 Å². The predicted octanol–water partition coefficient (Wildman–Crippen LogP) is 1.58. The first-order valence-corrected chi connectivity index (χ1v) is 5.02. The molecule has 13 heavy (non-hydrogen) atoms. The molecule has 76 valence electrons. The Kier molecular flexibility index (Phi) is 3.31. The highest BCUT2D eigenvalue weighted by molar-refractivity contribution is 5.74. The van der Waals surface area contributed by atoms with E-state index in [-0.39, 0.29) is 6.04 Å². The van der Waals surface area contributed by atoms with E-state index in [1.165, 1.54) is 0 Å². The Morgan fingerprint density at radius 1 is 1.62 bits per heavy atom. The number of carboxylic acid groups (broad SMARTS) is 1. The molecule has 1 N–H and O–H groups in total. The molecule has 0 spiro atoms. The van der Waals surface area contributed by atoms with Crippen molar-refractivity contribution < 1.29 is 9.90 Å². The van der Waals surface area contributed by atoms with Gasteiger partial charge in [-0.1, -0.05) is 20.3 Å². The maximum Gasteiger partial charge on any atom is 0.320 e. The summed E-state index contributed by atoms with van der Waals surface area (Å²) in [6.45, 7) is 4.30. The molecule has 0 amide bonds. The van der Waals surface area contributed by atoms with E-state index in [0.29, 0.717) is 12.0 Å². The first-order valence-electron chi connectivity index (χ1n) is 5.02. The molecular formula is C10H19NO2. The molecular weight excluding hydrogens is 166 g/mol. The molecule has 1 aliphatic rings. The van der Waals surface area contributed by atoms with Gasteiger partial charge in [-0.2, -0.15) is 0 Å². The lowest BCUT2D eigenvalue weighted by atomic mass is 9.98. The average molecular weight is 185 g/mol. The number of likely N-dealkylation sites (tertiary alicyclic amines) is 1. The third kappa shape index (κ3) is 2.02. The lowest BCUT2D eigenvalue weighted by Crippen LogP contribution is -2.38. The molecule has 0 aromatic carbocycles. The summed E-state index contributed by atoms with van der Waals surface area (Å²) in [6, 6.07) is 0.206. The lowest BCUT2D eigenvalue weighted by Gasteiger charge is -2.24. The van der Waals surface area contributed by atoms with Gasteiger partial charge >= 0.3 is 5.97 Å². The highest BCUT2D eigenvalue weighted by atomic mass is 16.4. The highest BCUT2D eigenvalue weighted by Crippen LogP contribution is 2.30. The highest BCUT2D eigenvalue weighted by Gasteiger charge is 2.39. The summed E-state index contributed by atoms with van der Waals surface area (Å²) in [5.41, 5.74) is 0. The fourth-order valence-electron chi connectivity index (χ4n) is 2.37. The maximum atomic E-state index is 10.9. The van der Waals surface area contributed by atoms with Crippen molar-refractivity contribution in [3.05, 3.63) is 0 Å². The molecule has 3 nitrogen and oxygen atoms in total. The van der Waals surface area contributed by atoms with Crippen LogP contribution in [0.15, 0.2) is 0 Å². The lowest BCUT2D eigenvalue weighted by molar-refractivity contribution is -0.142. The Morgan fingerprint density at radius 2 is 2.23 bits per heavy atom. The Balaban J connectivity index is 2.63. The smallest absolute Gasteiger partial charge is 0.320 e. The topological polar surface area (TPSA) is 40.5 Å². The molecule has 0 saturated carbocycles. The molecule has 3 atom stereocenters. The van der Waals surface area contributed by atoms with Crippen molar-refractivity contribution in [3.63, 3.8) is 0 Å². The molecule has 1 unspecified atom stereocenters. The van der Waals surface area contributed by atoms with Crippen LogP contribution in [0.1, 0.15) is 33.1 Å². The van der Waals surface area contributed by atoms with Crippen LogP contribution in [0.25, 0.3) is 0 Å². The number of hydrogen-bond acceptors (Lipinski definition) is 2. The monoisotopic (exact) mass is 185 g/mol. The first kappa shape index (κ1) is 10.5. The zero-order chi connectivity index (χ0) is 10.0. The predicted molar refractivity (Wildman–Crippen MR) is 51.7 cm³/mol.